The third-order valence-electron chi connectivity index (χ3n) is 4.05. The minimum absolute atomic E-state index is 0.427. The molecule has 1 unspecified atom stereocenters. The number of benzene rings is 1. The van der Waals surface area contributed by atoms with Gasteiger partial charge in [-0.25, -0.2) is 0 Å². The average molecular weight is 278 g/mol. The van der Waals surface area contributed by atoms with Crippen LogP contribution >= 0.6 is 0 Å². The highest BCUT2D eigenvalue weighted by Gasteiger charge is 2.27. The van der Waals surface area contributed by atoms with Crippen LogP contribution in [0.1, 0.15) is 37.5 Å². The third-order valence-corrected chi connectivity index (χ3v) is 4.05. The smallest absolute Gasteiger partial charge is 0.0498 e. The number of aromatic nitrogens is 1. The van der Waals surface area contributed by atoms with Crippen molar-refractivity contribution in [3.8, 4) is 0 Å². The van der Waals surface area contributed by atoms with Crippen molar-refractivity contribution in [2.24, 2.45) is 0 Å². The van der Waals surface area contributed by atoms with Gasteiger partial charge in [0.2, 0.25) is 0 Å². The van der Waals surface area contributed by atoms with E-state index in [-0.39, 0.29) is 0 Å². The van der Waals surface area contributed by atoms with E-state index in [1.54, 1.807) is 6.20 Å². The molecule has 0 saturated heterocycles. The lowest BCUT2D eigenvalue weighted by molar-refractivity contribution is 0.791. The topological polar surface area (TPSA) is 36.7 Å². The van der Waals surface area contributed by atoms with E-state index in [2.05, 4.69) is 56.1 Å². The summed E-state index contributed by atoms with van der Waals surface area (Å²) in [7, 11) is 0. The van der Waals surface area contributed by atoms with Gasteiger partial charge >= 0.3 is 0 Å². The molecule has 0 aliphatic carbocycles. The van der Waals surface area contributed by atoms with Gasteiger partial charge in [0, 0.05) is 23.5 Å². The molecule has 2 aromatic rings. The molecule has 21 heavy (non-hydrogen) atoms. The van der Waals surface area contributed by atoms with Crippen LogP contribution in [0.2, 0.25) is 0 Å². The summed E-state index contributed by atoms with van der Waals surface area (Å²) in [4.78, 5) is 4.20. The molecule has 0 spiro atoms. The molecule has 1 atom stereocenters. The zero-order valence-corrected chi connectivity index (χ0v) is 13.1. The zero-order chi connectivity index (χ0) is 15.5. The lowest BCUT2D eigenvalue weighted by atomic mass is 9.77. The van der Waals surface area contributed by atoms with Crippen molar-refractivity contribution in [2.75, 3.05) is 0 Å². The summed E-state index contributed by atoms with van der Waals surface area (Å²) < 4.78 is 0. The summed E-state index contributed by atoms with van der Waals surface area (Å²) in [5.74, 6) is 0. The van der Waals surface area contributed by atoms with Gasteiger partial charge in [0.1, 0.15) is 0 Å². The second kappa shape index (κ2) is 6.04. The second-order valence-corrected chi connectivity index (χ2v) is 5.76. The van der Waals surface area contributed by atoms with Crippen LogP contribution < -0.4 is 0 Å². The van der Waals surface area contributed by atoms with Gasteiger partial charge in [-0.15, -0.1) is 0 Å². The molecule has 0 aliphatic heterocycles. The Labute approximate surface area is 127 Å². The molecule has 2 rings (SSSR count). The monoisotopic (exact) mass is 278 g/mol. The van der Waals surface area contributed by atoms with Crippen LogP contribution in [-0.4, -0.2) is 10.7 Å². The molecule has 0 saturated carbocycles. The third kappa shape index (κ3) is 3.27. The molecule has 0 fully saturated rings. The van der Waals surface area contributed by atoms with Crippen LogP contribution in [0.5, 0.6) is 0 Å². The minimum Gasteiger partial charge on any atom is -0.309 e. The van der Waals surface area contributed by atoms with Gasteiger partial charge in [-0.1, -0.05) is 42.0 Å². The van der Waals surface area contributed by atoms with Crippen molar-refractivity contribution in [3.63, 3.8) is 0 Å². The maximum atomic E-state index is 8.20. The Morgan fingerprint density at radius 3 is 2.33 bits per heavy atom. The summed E-state index contributed by atoms with van der Waals surface area (Å²) in [6, 6.07) is 12.4. The summed E-state index contributed by atoms with van der Waals surface area (Å²) in [5, 5.41) is 8.20. The Morgan fingerprint density at radius 2 is 1.81 bits per heavy atom. The number of allylic oxidation sites excluding steroid dienone is 2. The molecule has 0 radical (unpaired) electrons. The van der Waals surface area contributed by atoms with Crippen LogP contribution in [0.15, 0.2) is 54.9 Å². The predicted octanol–water partition coefficient (Wildman–Crippen LogP) is 4.79. The first-order valence-corrected chi connectivity index (χ1v) is 7.16. The number of rotatable bonds is 4. The predicted molar refractivity (Wildman–Crippen MR) is 89.8 cm³/mol. The Morgan fingerprint density at radius 1 is 1.14 bits per heavy atom. The fraction of sp³-hybridized carbons (Fsp3) is 0.263. The number of hydrogen-bond acceptors (Lipinski definition) is 2. The highest BCUT2D eigenvalue weighted by Crippen LogP contribution is 2.30. The molecule has 1 aromatic heterocycles. The number of nitrogens with zero attached hydrogens (tertiary/aromatic N) is 1. The summed E-state index contributed by atoms with van der Waals surface area (Å²) in [6.45, 7) is 8.11. The molecule has 0 amide bonds. The Kier molecular flexibility index (Phi) is 4.37. The summed E-state index contributed by atoms with van der Waals surface area (Å²) in [5.41, 5.74) is 4.85. The maximum Gasteiger partial charge on any atom is 0.0498 e. The van der Waals surface area contributed by atoms with Crippen LogP contribution in [0.25, 0.3) is 5.57 Å². The fourth-order valence-electron chi connectivity index (χ4n) is 2.41. The molecule has 0 bridgehead atoms. The van der Waals surface area contributed by atoms with E-state index >= 15 is 0 Å². The van der Waals surface area contributed by atoms with Crippen molar-refractivity contribution in [2.45, 2.75) is 33.1 Å². The van der Waals surface area contributed by atoms with Crippen LogP contribution in [-0.2, 0) is 5.41 Å². The SMILES string of the molecule is CC(=N)C(C)(/C=C(\C)c1ccc(C)cc1)c1cccnc1. The van der Waals surface area contributed by atoms with Gasteiger partial charge < -0.3 is 5.41 Å². The summed E-state index contributed by atoms with van der Waals surface area (Å²) >= 11 is 0. The first-order valence-electron chi connectivity index (χ1n) is 7.16. The van der Waals surface area contributed by atoms with Gasteiger partial charge in [0.25, 0.3) is 0 Å². The molecule has 1 aromatic carbocycles. The van der Waals surface area contributed by atoms with Crippen LogP contribution in [0.3, 0.4) is 0 Å². The average Bonchev–Trinajstić information content (AvgIpc) is 2.48. The molecule has 2 heteroatoms. The Hall–Kier alpha value is -2.22. The fourth-order valence-corrected chi connectivity index (χ4v) is 2.41. The number of aryl methyl sites for hydroxylation is 1. The van der Waals surface area contributed by atoms with E-state index in [0.29, 0.717) is 5.71 Å². The van der Waals surface area contributed by atoms with E-state index in [4.69, 9.17) is 5.41 Å². The molecule has 108 valence electrons. The molecule has 2 nitrogen and oxygen atoms in total. The molecular formula is C19H22N2. The molecule has 1 N–H and O–H groups in total. The molecule has 0 aliphatic rings. The maximum absolute atomic E-state index is 8.20. The number of hydrogen-bond donors (Lipinski definition) is 1. The highest BCUT2D eigenvalue weighted by molar-refractivity contribution is 5.93. The highest BCUT2D eigenvalue weighted by atomic mass is 14.6. The van der Waals surface area contributed by atoms with Crippen molar-refractivity contribution in [1.29, 1.82) is 5.41 Å². The lowest BCUT2D eigenvalue weighted by Crippen LogP contribution is -2.28. The van der Waals surface area contributed by atoms with E-state index in [1.165, 1.54) is 16.7 Å². The van der Waals surface area contributed by atoms with E-state index in [9.17, 15) is 0 Å². The van der Waals surface area contributed by atoms with Crippen molar-refractivity contribution < 1.29 is 0 Å². The lowest BCUT2D eigenvalue weighted by Gasteiger charge is -2.26. The van der Waals surface area contributed by atoms with Crippen molar-refractivity contribution in [1.82, 2.24) is 4.98 Å². The van der Waals surface area contributed by atoms with Gasteiger partial charge in [-0.05, 0) is 50.5 Å². The Bertz CT molecular complexity index is 654. The van der Waals surface area contributed by atoms with Gasteiger partial charge in [0.15, 0.2) is 0 Å². The van der Waals surface area contributed by atoms with Gasteiger partial charge in [-0.2, -0.15) is 0 Å². The van der Waals surface area contributed by atoms with Crippen molar-refractivity contribution in [3.05, 3.63) is 71.6 Å². The van der Waals surface area contributed by atoms with Crippen LogP contribution in [0, 0.1) is 12.3 Å². The van der Waals surface area contributed by atoms with E-state index in [1.807, 2.05) is 25.3 Å². The normalized spacial score (nSPS) is 14.6. The molecular weight excluding hydrogens is 256 g/mol. The Balaban J connectivity index is 2.46. The largest absolute Gasteiger partial charge is 0.309 e. The molecule has 1 heterocycles. The van der Waals surface area contributed by atoms with Crippen LogP contribution in [0.4, 0.5) is 0 Å². The zero-order valence-electron chi connectivity index (χ0n) is 13.1. The number of pyridine rings is 1. The summed E-state index contributed by atoms with van der Waals surface area (Å²) in [6.07, 6.45) is 5.77. The van der Waals surface area contributed by atoms with Gasteiger partial charge in [0.05, 0.1) is 0 Å². The minimum atomic E-state index is -0.427. The second-order valence-electron chi connectivity index (χ2n) is 5.76. The van der Waals surface area contributed by atoms with E-state index < -0.39 is 5.41 Å². The van der Waals surface area contributed by atoms with Gasteiger partial charge in [-0.3, -0.25) is 4.98 Å². The van der Waals surface area contributed by atoms with Crippen molar-refractivity contribution >= 4 is 11.3 Å². The first kappa shape index (κ1) is 15.2. The quantitative estimate of drug-likeness (QED) is 0.802. The first-order chi connectivity index (χ1) is 9.93. The van der Waals surface area contributed by atoms with E-state index in [0.717, 1.165) is 5.56 Å². The number of nitrogens with one attached hydrogen (secondary N) is 1. The standard InChI is InChI=1S/C19H22N2/c1-14-7-9-17(10-8-14)15(2)12-19(4,16(3)20)18-6-5-11-21-13-18/h5-13,20H,1-4H3/b15-12+,20-16?.